The van der Waals surface area contributed by atoms with Gasteiger partial charge in [-0.15, -0.1) is 11.3 Å². The first-order chi connectivity index (χ1) is 10.5. The summed E-state index contributed by atoms with van der Waals surface area (Å²) in [6.07, 6.45) is 1.82. The van der Waals surface area contributed by atoms with E-state index in [-0.39, 0.29) is 17.7 Å². The Hall–Kier alpha value is -1.18. The number of nitrogens with zero attached hydrogens (tertiary/aromatic N) is 3. The number of ether oxygens (including phenoxy) is 1. The Morgan fingerprint density at radius 3 is 2.82 bits per heavy atom. The van der Waals surface area contributed by atoms with Crippen molar-refractivity contribution in [3.05, 3.63) is 38.7 Å². The van der Waals surface area contributed by atoms with Crippen LogP contribution in [0.2, 0.25) is 0 Å². The molecule has 2 heterocycles. The molecule has 2 aromatic heterocycles. The van der Waals surface area contributed by atoms with Gasteiger partial charge in [0.15, 0.2) is 5.16 Å². The highest BCUT2D eigenvalue weighted by Crippen LogP contribution is 2.26. The van der Waals surface area contributed by atoms with Crippen LogP contribution in [0.5, 0.6) is 0 Å². The Morgan fingerprint density at radius 1 is 1.36 bits per heavy atom. The predicted octanol–water partition coefficient (Wildman–Crippen LogP) is 3.67. The van der Waals surface area contributed by atoms with Crippen molar-refractivity contribution in [3.8, 4) is 0 Å². The van der Waals surface area contributed by atoms with Gasteiger partial charge in [0.1, 0.15) is 11.1 Å². The topological polar surface area (TPSA) is 57.0 Å². The van der Waals surface area contributed by atoms with Gasteiger partial charge in [0.2, 0.25) is 0 Å². The minimum atomic E-state index is -0.205. The second kappa shape index (κ2) is 7.89. The van der Waals surface area contributed by atoms with Crippen LogP contribution in [-0.4, -0.2) is 21.1 Å². The van der Waals surface area contributed by atoms with Crippen LogP contribution in [-0.2, 0) is 10.5 Å². The Labute approximate surface area is 138 Å². The maximum atomic E-state index is 11.5. The molecule has 1 atom stereocenters. The molecule has 0 saturated carbocycles. The van der Waals surface area contributed by atoms with Gasteiger partial charge in [-0.3, -0.25) is 4.79 Å². The van der Waals surface area contributed by atoms with E-state index in [2.05, 4.69) is 23.8 Å². The summed E-state index contributed by atoms with van der Waals surface area (Å²) in [7, 11) is 0. The summed E-state index contributed by atoms with van der Waals surface area (Å²) in [4.78, 5) is 20.2. The first-order valence-electron chi connectivity index (χ1n) is 7.29. The lowest BCUT2D eigenvalue weighted by molar-refractivity contribution is 0.0761. The van der Waals surface area contributed by atoms with E-state index in [1.165, 1.54) is 17.8 Å². The molecule has 7 heteroatoms. The fourth-order valence-corrected chi connectivity index (χ4v) is 3.86. The van der Waals surface area contributed by atoms with Crippen LogP contribution in [0.15, 0.2) is 27.6 Å². The Kier molecular flexibility index (Phi) is 6.16. The first-order valence-corrected chi connectivity index (χ1v) is 9.15. The first kappa shape index (κ1) is 17.2. The van der Waals surface area contributed by atoms with Crippen molar-refractivity contribution >= 4 is 23.1 Å². The summed E-state index contributed by atoms with van der Waals surface area (Å²) < 4.78 is 7.56. The van der Waals surface area contributed by atoms with Crippen LogP contribution in [0, 0.1) is 0 Å². The van der Waals surface area contributed by atoms with Gasteiger partial charge in [0, 0.05) is 36.0 Å². The molecule has 2 rings (SSSR count). The molecule has 0 aromatic carbocycles. The second-order valence-electron chi connectivity index (χ2n) is 5.11. The lowest BCUT2D eigenvalue weighted by atomic mass is 10.4. The third kappa shape index (κ3) is 4.41. The van der Waals surface area contributed by atoms with Crippen molar-refractivity contribution in [2.45, 2.75) is 50.8 Å². The molecule has 0 bridgehead atoms. The molecule has 120 valence electrons. The quantitative estimate of drug-likeness (QED) is 0.569. The van der Waals surface area contributed by atoms with Crippen LogP contribution in [0.4, 0.5) is 0 Å². The molecule has 2 aromatic rings. The summed E-state index contributed by atoms with van der Waals surface area (Å²) in [5.74, 6) is 0.693. The minimum Gasteiger partial charge on any atom is -0.372 e. The zero-order chi connectivity index (χ0) is 16.1. The predicted molar refractivity (Wildman–Crippen MR) is 90.6 cm³/mol. The number of aromatic nitrogens is 3. The maximum Gasteiger partial charge on any atom is 0.273 e. The molecule has 1 unspecified atom stereocenters. The van der Waals surface area contributed by atoms with E-state index in [4.69, 9.17) is 4.74 Å². The van der Waals surface area contributed by atoms with Crippen molar-refractivity contribution in [3.63, 3.8) is 0 Å². The van der Waals surface area contributed by atoms with Gasteiger partial charge in [0.05, 0.1) is 5.69 Å². The highest BCUT2D eigenvalue weighted by Gasteiger charge is 2.12. The van der Waals surface area contributed by atoms with E-state index in [0.29, 0.717) is 12.4 Å². The van der Waals surface area contributed by atoms with Crippen LogP contribution < -0.4 is 5.56 Å². The maximum absolute atomic E-state index is 11.5. The highest BCUT2D eigenvalue weighted by molar-refractivity contribution is 7.98. The molecule has 0 saturated heterocycles. The number of hydrogen-bond donors (Lipinski definition) is 0. The van der Waals surface area contributed by atoms with E-state index in [1.807, 2.05) is 23.8 Å². The van der Waals surface area contributed by atoms with Gasteiger partial charge in [-0.05, 0) is 27.7 Å². The molecule has 5 nitrogen and oxygen atoms in total. The molecule has 0 spiro atoms. The Morgan fingerprint density at radius 2 is 2.14 bits per heavy atom. The highest BCUT2D eigenvalue weighted by atomic mass is 32.2. The summed E-state index contributed by atoms with van der Waals surface area (Å²) in [5.41, 5.74) is 0.785. The van der Waals surface area contributed by atoms with Crippen LogP contribution >= 0.6 is 23.1 Å². The molecule has 0 amide bonds. The number of thiazole rings is 1. The fraction of sp³-hybridized carbons (Fsp3) is 0.533. The molecule has 0 aliphatic rings. The fourth-order valence-electron chi connectivity index (χ4n) is 1.93. The van der Waals surface area contributed by atoms with Crippen LogP contribution in [0.1, 0.15) is 50.5 Å². The van der Waals surface area contributed by atoms with E-state index >= 15 is 0 Å². The number of rotatable bonds is 7. The average Bonchev–Trinajstić information content (AvgIpc) is 2.94. The SMILES string of the molecule is CCOC(C)c1nc(CSc2nc(=O)ccn2C(C)C)cs1. The van der Waals surface area contributed by atoms with Gasteiger partial charge in [0.25, 0.3) is 5.56 Å². The van der Waals surface area contributed by atoms with Crippen LogP contribution in [0.25, 0.3) is 0 Å². The molecule has 22 heavy (non-hydrogen) atoms. The molecule has 0 N–H and O–H groups in total. The van der Waals surface area contributed by atoms with Crippen molar-refractivity contribution in [2.24, 2.45) is 0 Å². The lowest BCUT2D eigenvalue weighted by Crippen LogP contribution is -2.14. The molecule has 0 aliphatic heterocycles. The minimum absolute atomic E-state index is 0.0254. The van der Waals surface area contributed by atoms with E-state index in [9.17, 15) is 4.79 Å². The molecular formula is C15H21N3O2S2. The van der Waals surface area contributed by atoms with Gasteiger partial charge in [-0.25, -0.2) is 4.98 Å². The van der Waals surface area contributed by atoms with E-state index in [0.717, 1.165) is 15.9 Å². The van der Waals surface area contributed by atoms with Crippen molar-refractivity contribution in [1.29, 1.82) is 0 Å². The van der Waals surface area contributed by atoms with Crippen LogP contribution in [0.3, 0.4) is 0 Å². The van der Waals surface area contributed by atoms with Gasteiger partial charge < -0.3 is 9.30 Å². The van der Waals surface area contributed by atoms with Crippen molar-refractivity contribution < 1.29 is 4.74 Å². The standard InChI is InChI=1S/C15H21N3O2S2/c1-5-20-11(4)14-16-12(8-21-14)9-22-15-17-13(19)6-7-18(15)10(2)3/h6-8,10-11H,5,9H2,1-4H3. The second-order valence-corrected chi connectivity index (χ2v) is 6.94. The third-order valence-corrected chi connectivity index (χ3v) is 5.10. The van der Waals surface area contributed by atoms with Crippen molar-refractivity contribution in [2.75, 3.05) is 6.61 Å². The van der Waals surface area contributed by atoms with Crippen molar-refractivity contribution in [1.82, 2.24) is 14.5 Å². The Bertz CT molecular complexity index is 667. The average molecular weight is 339 g/mol. The largest absolute Gasteiger partial charge is 0.372 e. The number of hydrogen-bond acceptors (Lipinski definition) is 6. The molecular weight excluding hydrogens is 318 g/mol. The molecule has 0 radical (unpaired) electrons. The van der Waals surface area contributed by atoms with E-state index < -0.39 is 0 Å². The monoisotopic (exact) mass is 339 g/mol. The zero-order valence-corrected chi connectivity index (χ0v) is 14.9. The third-order valence-electron chi connectivity index (χ3n) is 3.04. The summed E-state index contributed by atoms with van der Waals surface area (Å²) in [5, 5.41) is 3.76. The van der Waals surface area contributed by atoms with Gasteiger partial charge in [-0.1, -0.05) is 11.8 Å². The summed E-state index contributed by atoms with van der Waals surface area (Å²) in [6, 6.07) is 1.76. The molecule has 0 fully saturated rings. The molecule has 0 aliphatic carbocycles. The normalized spacial score (nSPS) is 12.8. The summed E-state index contributed by atoms with van der Waals surface area (Å²) >= 11 is 3.14. The van der Waals surface area contributed by atoms with Gasteiger partial charge >= 0.3 is 0 Å². The smallest absolute Gasteiger partial charge is 0.273 e. The Balaban J connectivity index is 2.07. The zero-order valence-electron chi connectivity index (χ0n) is 13.3. The van der Waals surface area contributed by atoms with Gasteiger partial charge in [-0.2, -0.15) is 4.98 Å². The lowest BCUT2D eigenvalue weighted by Gasteiger charge is -2.14. The number of thioether (sulfide) groups is 1. The summed E-state index contributed by atoms with van der Waals surface area (Å²) in [6.45, 7) is 8.81. The van der Waals surface area contributed by atoms with E-state index in [1.54, 1.807) is 17.5 Å².